The number of hydrogen-bond donors (Lipinski definition) is 3. The first-order valence-electron chi connectivity index (χ1n) is 10.9. The minimum atomic E-state index is -0.0731. The van der Waals surface area contributed by atoms with Crippen LogP contribution in [0.5, 0.6) is 0 Å². The molecular formula is C22H33Cl2N3O2S. The van der Waals surface area contributed by atoms with Crippen LogP contribution in [0.4, 0.5) is 0 Å². The van der Waals surface area contributed by atoms with Gasteiger partial charge in [-0.2, -0.15) is 0 Å². The molecule has 5 rings (SSSR count). The Kier molecular flexibility index (Phi) is 8.73. The Morgan fingerprint density at radius 1 is 1.20 bits per heavy atom. The van der Waals surface area contributed by atoms with Crippen molar-refractivity contribution < 1.29 is 9.90 Å². The van der Waals surface area contributed by atoms with E-state index in [4.69, 9.17) is 16.7 Å². The average Bonchev–Trinajstić information content (AvgIpc) is 2.69. The molecule has 1 aromatic heterocycles. The van der Waals surface area contributed by atoms with Crippen molar-refractivity contribution in [2.45, 2.75) is 50.0 Å². The van der Waals surface area contributed by atoms with Crippen molar-refractivity contribution in [1.82, 2.24) is 15.6 Å². The number of amides is 1. The number of rotatable bonds is 10. The maximum atomic E-state index is 12.9. The molecule has 0 saturated heterocycles. The molecule has 1 aromatic rings. The van der Waals surface area contributed by atoms with Gasteiger partial charge in [0.15, 0.2) is 0 Å². The van der Waals surface area contributed by atoms with Gasteiger partial charge in [-0.1, -0.05) is 11.6 Å². The fourth-order valence-electron chi connectivity index (χ4n) is 6.10. The number of thioether (sulfide) groups is 1. The number of carbonyl (C=O) groups is 1. The molecule has 1 amide bonds. The number of nitrogens with zero attached hydrogens (tertiary/aromatic N) is 1. The van der Waals surface area contributed by atoms with Crippen molar-refractivity contribution in [2.24, 2.45) is 23.2 Å². The third kappa shape index (κ3) is 5.83. The number of aliphatic hydroxyl groups is 1. The maximum absolute atomic E-state index is 12.9. The number of halogens is 2. The SMILES string of the molecule is Cl.O=C(NCC12CC3CC(CC(C3)C1)C2)c1cc(SCCNCCCO)ncc1Cl. The first kappa shape index (κ1) is 24.1. The van der Waals surface area contributed by atoms with Gasteiger partial charge < -0.3 is 15.7 Å². The zero-order valence-corrected chi connectivity index (χ0v) is 19.8. The van der Waals surface area contributed by atoms with E-state index in [-0.39, 0.29) is 24.9 Å². The van der Waals surface area contributed by atoms with Crippen LogP contribution >= 0.6 is 35.8 Å². The third-order valence-electron chi connectivity index (χ3n) is 6.90. The van der Waals surface area contributed by atoms with Crippen molar-refractivity contribution in [1.29, 1.82) is 0 Å². The highest BCUT2D eigenvalue weighted by atomic mass is 35.5. The summed E-state index contributed by atoms with van der Waals surface area (Å²) in [6, 6.07) is 1.82. The second kappa shape index (κ2) is 10.9. The standard InChI is InChI=1S/C22H32ClN3O2S.ClH/c23-19-13-25-20(29-5-3-24-2-1-4-27)9-18(19)21(28)26-14-22-10-15-6-16(11-22)8-17(7-15)12-22;/h9,13,15-17,24,27H,1-8,10-12,14H2,(H,26,28);1H. The van der Waals surface area contributed by atoms with Crippen LogP contribution in [0.25, 0.3) is 0 Å². The van der Waals surface area contributed by atoms with Crippen molar-refractivity contribution in [2.75, 3.05) is 32.0 Å². The quantitative estimate of drug-likeness (QED) is 0.351. The van der Waals surface area contributed by atoms with Gasteiger partial charge in [0.2, 0.25) is 0 Å². The molecule has 0 atom stereocenters. The van der Waals surface area contributed by atoms with Gasteiger partial charge in [0.25, 0.3) is 5.91 Å². The van der Waals surface area contributed by atoms with Crippen LogP contribution in [0, 0.1) is 23.2 Å². The van der Waals surface area contributed by atoms with Gasteiger partial charge in [-0.05, 0) is 80.7 Å². The molecule has 4 aliphatic carbocycles. The summed E-state index contributed by atoms with van der Waals surface area (Å²) in [4.78, 5) is 17.2. The van der Waals surface area contributed by atoms with E-state index in [1.165, 1.54) is 38.5 Å². The van der Waals surface area contributed by atoms with E-state index in [9.17, 15) is 4.79 Å². The van der Waals surface area contributed by atoms with E-state index in [0.717, 1.165) is 54.6 Å². The zero-order chi connectivity index (χ0) is 20.3. The van der Waals surface area contributed by atoms with Crippen molar-refractivity contribution in [3.8, 4) is 0 Å². The molecule has 1 heterocycles. The number of aromatic nitrogens is 1. The Bertz CT molecular complexity index is 699. The van der Waals surface area contributed by atoms with Crippen LogP contribution in [0.2, 0.25) is 5.02 Å². The number of carbonyl (C=O) groups excluding carboxylic acids is 1. The second-order valence-electron chi connectivity index (χ2n) is 9.28. The largest absolute Gasteiger partial charge is 0.396 e. The minimum Gasteiger partial charge on any atom is -0.396 e. The highest BCUT2D eigenvalue weighted by molar-refractivity contribution is 7.99. The van der Waals surface area contributed by atoms with E-state index < -0.39 is 0 Å². The zero-order valence-electron chi connectivity index (χ0n) is 17.4. The molecule has 0 unspecified atom stereocenters. The number of nitrogens with one attached hydrogen (secondary N) is 2. The number of aliphatic hydroxyl groups excluding tert-OH is 1. The first-order chi connectivity index (χ1) is 14.1. The van der Waals surface area contributed by atoms with E-state index in [2.05, 4.69) is 15.6 Å². The van der Waals surface area contributed by atoms with E-state index >= 15 is 0 Å². The Morgan fingerprint density at radius 3 is 2.50 bits per heavy atom. The lowest BCUT2D eigenvalue weighted by molar-refractivity contribution is -0.0503. The van der Waals surface area contributed by atoms with Crippen molar-refractivity contribution >= 4 is 41.7 Å². The average molecular weight is 474 g/mol. The van der Waals surface area contributed by atoms with Gasteiger partial charge in [0.05, 0.1) is 15.6 Å². The molecule has 8 heteroatoms. The summed E-state index contributed by atoms with van der Waals surface area (Å²) >= 11 is 7.91. The smallest absolute Gasteiger partial charge is 0.252 e. The monoisotopic (exact) mass is 473 g/mol. The normalized spacial score (nSPS) is 28.9. The van der Waals surface area contributed by atoms with Gasteiger partial charge in [0.1, 0.15) is 0 Å². The molecule has 5 nitrogen and oxygen atoms in total. The molecule has 4 aliphatic rings. The molecule has 0 radical (unpaired) electrons. The van der Waals surface area contributed by atoms with Crippen LogP contribution in [0.1, 0.15) is 55.3 Å². The van der Waals surface area contributed by atoms with Gasteiger partial charge in [-0.25, -0.2) is 4.98 Å². The summed E-state index contributed by atoms with van der Waals surface area (Å²) in [7, 11) is 0. The van der Waals surface area contributed by atoms with E-state index in [0.29, 0.717) is 16.0 Å². The first-order valence-corrected chi connectivity index (χ1v) is 12.3. The molecule has 168 valence electrons. The van der Waals surface area contributed by atoms with E-state index in [1.807, 2.05) is 6.07 Å². The lowest BCUT2D eigenvalue weighted by atomic mass is 9.49. The maximum Gasteiger partial charge on any atom is 0.252 e. The van der Waals surface area contributed by atoms with E-state index in [1.54, 1.807) is 18.0 Å². The topological polar surface area (TPSA) is 74.2 Å². The van der Waals surface area contributed by atoms with Crippen molar-refractivity contribution in [3.63, 3.8) is 0 Å². The molecule has 4 saturated carbocycles. The minimum absolute atomic E-state index is 0. The van der Waals surface area contributed by atoms with Gasteiger partial charge >= 0.3 is 0 Å². The highest BCUT2D eigenvalue weighted by Crippen LogP contribution is 2.59. The van der Waals surface area contributed by atoms with Crippen molar-refractivity contribution in [3.05, 3.63) is 22.8 Å². The summed E-state index contributed by atoms with van der Waals surface area (Å²) in [5.74, 6) is 3.44. The molecule has 3 N–H and O–H groups in total. The van der Waals surface area contributed by atoms with Crippen LogP contribution in [0.15, 0.2) is 17.3 Å². The van der Waals surface area contributed by atoms with Gasteiger partial charge in [-0.15, -0.1) is 24.2 Å². The third-order valence-corrected chi connectivity index (χ3v) is 8.13. The van der Waals surface area contributed by atoms with Crippen LogP contribution < -0.4 is 10.6 Å². The summed E-state index contributed by atoms with van der Waals surface area (Å²) < 4.78 is 0. The molecule has 0 spiro atoms. The van der Waals surface area contributed by atoms with Crippen LogP contribution in [-0.4, -0.2) is 48.0 Å². The predicted molar refractivity (Wildman–Crippen MR) is 125 cm³/mol. The molecule has 30 heavy (non-hydrogen) atoms. The molecule has 0 aromatic carbocycles. The molecular weight excluding hydrogens is 441 g/mol. The van der Waals surface area contributed by atoms with Gasteiger partial charge in [0, 0.05) is 31.6 Å². The van der Waals surface area contributed by atoms with Crippen LogP contribution in [-0.2, 0) is 0 Å². The molecule has 4 fully saturated rings. The molecule has 4 bridgehead atoms. The predicted octanol–water partition coefficient (Wildman–Crippen LogP) is 4.17. The highest BCUT2D eigenvalue weighted by Gasteiger charge is 2.50. The second-order valence-corrected chi connectivity index (χ2v) is 10.8. The summed E-state index contributed by atoms with van der Waals surface area (Å²) in [6.07, 6.45) is 10.5. The van der Waals surface area contributed by atoms with Gasteiger partial charge in [-0.3, -0.25) is 4.79 Å². The summed E-state index contributed by atoms with van der Waals surface area (Å²) in [5.41, 5.74) is 0.851. The molecule has 0 aliphatic heterocycles. The summed E-state index contributed by atoms with van der Waals surface area (Å²) in [6.45, 7) is 2.64. The van der Waals surface area contributed by atoms with Crippen LogP contribution in [0.3, 0.4) is 0 Å². The lowest BCUT2D eigenvalue weighted by Gasteiger charge is -2.56. The fraction of sp³-hybridized carbons (Fsp3) is 0.727. The fourth-order valence-corrected chi connectivity index (χ4v) is 7.07. The summed E-state index contributed by atoms with van der Waals surface area (Å²) in [5, 5.41) is 16.5. The number of hydrogen-bond acceptors (Lipinski definition) is 5. The lowest BCUT2D eigenvalue weighted by Crippen LogP contribution is -2.51. The Hall–Kier alpha value is -0.530. The Morgan fingerprint density at radius 2 is 1.87 bits per heavy atom. The Labute approximate surface area is 194 Å². The number of pyridine rings is 1. The Balaban J connectivity index is 0.00000256.